The van der Waals surface area contributed by atoms with Crippen LogP contribution in [0.25, 0.3) is 0 Å². The average molecular weight is 503 g/mol. The number of hydrogen-bond donors (Lipinski definition) is 1. The SMILES string of the molecule is CCCc1ccc(C(=O)Nc2ccc(C3CCN(C(=O)c4nc(OC)ccc4[N+](=O)[O-])CC3)cc2)cc1. The highest BCUT2D eigenvalue weighted by Gasteiger charge is 2.30. The zero-order valence-corrected chi connectivity index (χ0v) is 21.0. The first kappa shape index (κ1) is 25.8. The molecule has 0 saturated carbocycles. The van der Waals surface area contributed by atoms with Gasteiger partial charge < -0.3 is 15.0 Å². The summed E-state index contributed by atoms with van der Waals surface area (Å²) in [5.41, 5.74) is 3.14. The van der Waals surface area contributed by atoms with Gasteiger partial charge in [0, 0.05) is 36.5 Å². The van der Waals surface area contributed by atoms with Crippen LogP contribution in [0.1, 0.15) is 64.1 Å². The second-order valence-corrected chi connectivity index (χ2v) is 9.07. The van der Waals surface area contributed by atoms with Crippen molar-refractivity contribution in [2.75, 3.05) is 25.5 Å². The number of piperidine rings is 1. The van der Waals surface area contributed by atoms with E-state index >= 15 is 0 Å². The molecular formula is C28H30N4O5. The monoisotopic (exact) mass is 502 g/mol. The molecule has 1 N–H and O–H groups in total. The molecule has 9 heteroatoms. The predicted molar refractivity (Wildman–Crippen MR) is 140 cm³/mol. The molecule has 4 rings (SSSR count). The van der Waals surface area contributed by atoms with E-state index in [4.69, 9.17) is 4.74 Å². The third-order valence-electron chi connectivity index (χ3n) is 6.63. The van der Waals surface area contributed by atoms with E-state index in [-0.39, 0.29) is 29.1 Å². The summed E-state index contributed by atoms with van der Waals surface area (Å²) in [4.78, 5) is 42.0. The number of nitrogens with one attached hydrogen (secondary N) is 1. The molecule has 1 aliphatic heterocycles. The number of hydrogen-bond acceptors (Lipinski definition) is 6. The lowest BCUT2D eigenvalue weighted by Crippen LogP contribution is -2.38. The van der Waals surface area contributed by atoms with Gasteiger partial charge in [-0.2, -0.15) is 0 Å². The molecule has 0 aliphatic carbocycles. The molecule has 1 saturated heterocycles. The topological polar surface area (TPSA) is 115 Å². The van der Waals surface area contributed by atoms with Crippen LogP contribution in [0.15, 0.2) is 60.7 Å². The smallest absolute Gasteiger partial charge is 0.300 e. The Morgan fingerprint density at radius 3 is 2.32 bits per heavy atom. The number of aryl methyl sites for hydroxylation is 1. The number of nitro groups is 1. The van der Waals surface area contributed by atoms with Crippen LogP contribution in [0, 0.1) is 10.1 Å². The summed E-state index contributed by atoms with van der Waals surface area (Å²) in [5, 5.41) is 14.3. The quantitative estimate of drug-likeness (QED) is 0.333. The van der Waals surface area contributed by atoms with Gasteiger partial charge in [0.1, 0.15) is 0 Å². The molecule has 1 aliphatic rings. The number of methoxy groups -OCH3 is 1. The van der Waals surface area contributed by atoms with Crippen molar-refractivity contribution >= 4 is 23.2 Å². The highest BCUT2D eigenvalue weighted by molar-refractivity contribution is 6.04. The summed E-state index contributed by atoms with van der Waals surface area (Å²) in [6, 6.07) is 18.1. The van der Waals surface area contributed by atoms with Gasteiger partial charge in [-0.15, -0.1) is 0 Å². The highest BCUT2D eigenvalue weighted by atomic mass is 16.6. The van der Waals surface area contributed by atoms with E-state index in [1.807, 2.05) is 48.5 Å². The van der Waals surface area contributed by atoms with E-state index in [0.29, 0.717) is 18.7 Å². The molecule has 37 heavy (non-hydrogen) atoms. The Hall–Kier alpha value is -4.27. The van der Waals surface area contributed by atoms with Gasteiger partial charge in [-0.25, -0.2) is 4.98 Å². The third kappa shape index (κ3) is 6.11. The van der Waals surface area contributed by atoms with E-state index in [1.165, 1.54) is 24.8 Å². The molecule has 0 bridgehead atoms. The minimum atomic E-state index is -0.603. The fourth-order valence-electron chi connectivity index (χ4n) is 4.57. The maximum atomic E-state index is 13.0. The Labute approximate surface area is 215 Å². The van der Waals surface area contributed by atoms with Gasteiger partial charge >= 0.3 is 5.69 Å². The number of carbonyl (C=O) groups excluding carboxylic acids is 2. The Morgan fingerprint density at radius 2 is 1.73 bits per heavy atom. The Kier molecular flexibility index (Phi) is 8.12. The number of ether oxygens (including phenoxy) is 1. The first-order valence-electron chi connectivity index (χ1n) is 12.4. The lowest BCUT2D eigenvalue weighted by molar-refractivity contribution is -0.385. The number of aromatic nitrogens is 1. The van der Waals surface area contributed by atoms with E-state index in [1.54, 1.807) is 4.90 Å². The Bertz CT molecular complexity index is 1270. The summed E-state index contributed by atoms with van der Waals surface area (Å²) in [6.45, 7) is 3.05. The van der Waals surface area contributed by atoms with Crippen LogP contribution in [0.4, 0.5) is 11.4 Å². The van der Waals surface area contributed by atoms with Crippen molar-refractivity contribution in [3.05, 3.63) is 93.2 Å². The van der Waals surface area contributed by atoms with E-state index in [9.17, 15) is 19.7 Å². The van der Waals surface area contributed by atoms with Crippen LogP contribution in [0.5, 0.6) is 5.88 Å². The van der Waals surface area contributed by atoms with Crippen LogP contribution in [0.2, 0.25) is 0 Å². The minimum absolute atomic E-state index is 0.150. The molecule has 2 amide bonds. The Balaban J connectivity index is 1.35. The van der Waals surface area contributed by atoms with Crippen LogP contribution < -0.4 is 10.1 Å². The van der Waals surface area contributed by atoms with Gasteiger partial charge in [-0.1, -0.05) is 37.6 Å². The standard InChI is InChI=1S/C28H30N4O5/c1-3-4-19-5-7-22(8-6-19)27(33)29-23-11-9-20(10-12-23)21-15-17-31(18-16-21)28(34)26-24(32(35)36)13-14-25(30-26)37-2/h5-14,21H,3-4,15-18H2,1-2H3,(H,29,33). The molecule has 0 spiro atoms. The number of carbonyl (C=O) groups is 2. The summed E-state index contributed by atoms with van der Waals surface area (Å²) in [7, 11) is 1.40. The number of benzene rings is 2. The van der Waals surface area contributed by atoms with Gasteiger partial charge in [-0.05, 0) is 60.6 Å². The number of rotatable bonds is 8. The lowest BCUT2D eigenvalue weighted by atomic mass is 9.89. The van der Waals surface area contributed by atoms with Crippen LogP contribution in [-0.4, -0.2) is 46.8 Å². The van der Waals surface area contributed by atoms with Crippen molar-refractivity contribution in [3.63, 3.8) is 0 Å². The number of likely N-dealkylation sites (tertiary alicyclic amines) is 1. The lowest BCUT2D eigenvalue weighted by Gasteiger charge is -2.32. The molecule has 0 atom stereocenters. The van der Waals surface area contributed by atoms with Crippen LogP contribution in [-0.2, 0) is 6.42 Å². The molecule has 0 radical (unpaired) electrons. The molecule has 192 valence electrons. The maximum absolute atomic E-state index is 13.0. The fourth-order valence-corrected chi connectivity index (χ4v) is 4.57. The predicted octanol–water partition coefficient (Wildman–Crippen LogP) is 5.22. The number of anilines is 1. The summed E-state index contributed by atoms with van der Waals surface area (Å²) < 4.78 is 5.04. The molecule has 0 unspecified atom stereocenters. The molecule has 9 nitrogen and oxygen atoms in total. The zero-order valence-electron chi connectivity index (χ0n) is 21.0. The van der Waals surface area contributed by atoms with Crippen molar-refractivity contribution in [1.82, 2.24) is 9.88 Å². The highest BCUT2D eigenvalue weighted by Crippen LogP contribution is 2.31. The maximum Gasteiger partial charge on any atom is 0.300 e. The molecule has 1 aromatic heterocycles. The molecule has 3 aromatic rings. The van der Waals surface area contributed by atoms with E-state index < -0.39 is 10.8 Å². The van der Waals surface area contributed by atoms with Gasteiger partial charge in [0.2, 0.25) is 11.6 Å². The second-order valence-electron chi connectivity index (χ2n) is 9.07. The largest absolute Gasteiger partial charge is 0.481 e. The van der Waals surface area contributed by atoms with Crippen LogP contribution in [0.3, 0.4) is 0 Å². The van der Waals surface area contributed by atoms with Crippen molar-refractivity contribution in [1.29, 1.82) is 0 Å². The van der Waals surface area contributed by atoms with Crippen molar-refractivity contribution in [2.45, 2.75) is 38.5 Å². The first-order chi connectivity index (χ1) is 17.9. The van der Waals surface area contributed by atoms with Crippen molar-refractivity contribution in [2.24, 2.45) is 0 Å². The van der Waals surface area contributed by atoms with Crippen molar-refractivity contribution < 1.29 is 19.2 Å². The molecule has 2 heterocycles. The summed E-state index contributed by atoms with van der Waals surface area (Å²) >= 11 is 0. The van der Waals surface area contributed by atoms with Gasteiger partial charge in [0.05, 0.1) is 12.0 Å². The van der Waals surface area contributed by atoms with Gasteiger partial charge in [0.15, 0.2) is 0 Å². The summed E-state index contributed by atoms with van der Waals surface area (Å²) in [5.74, 6) is -0.217. The average Bonchev–Trinajstić information content (AvgIpc) is 2.93. The summed E-state index contributed by atoms with van der Waals surface area (Å²) in [6.07, 6.45) is 3.50. The number of nitrogens with zero attached hydrogens (tertiary/aromatic N) is 3. The van der Waals surface area contributed by atoms with Gasteiger partial charge in [-0.3, -0.25) is 19.7 Å². The molecular weight excluding hydrogens is 472 g/mol. The second kappa shape index (κ2) is 11.6. The normalized spacial score (nSPS) is 13.7. The Morgan fingerprint density at radius 1 is 1.05 bits per heavy atom. The van der Waals surface area contributed by atoms with Crippen molar-refractivity contribution in [3.8, 4) is 5.88 Å². The zero-order chi connectivity index (χ0) is 26.4. The first-order valence-corrected chi connectivity index (χ1v) is 12.4. The van der Waals surface area contributed by atoms with E-state index in [0.717, 1.165) is 36.9 Å². The minimum Gasteiger partial charge on any atom is -0.481 e. The third-order valence-corrected chi connectivity index (χ3v) is 6.63. The molecule has 1 fully saturated rings. The van der Waals surface area contributed by atoms with Gasteiger partial charge in [0.25, 0.3) is 11.8 Å². The molecule has 2 aromatic carbocycles. The van der Waals surface area contributed by atoms with E-state index in [2.05, 4.69) is 17.2 Å². The number of amides is 2. The van der Waals surface area contributed by atoms with Crippen LogP contribution >= 0.6 is 0 Å². The fraction of sp³-hybridized carbons (Fsp3) is 0.321. The number of pyridine rings is 1.